The Kier molecular flexibility index (Phi) is 4.59. The second-order valence-electron chi connectivity index (χ2n) is 7.71. The van der Waals surface area contributed by atoms with Gasteiger partial charge in [0, 0.05) is 44.3 Å². The van der Waals surface area contributed by atoms with E-state index in [9.17, 15) is 0 Å². The molecule has 3 nitrogen and oxygen atoms in total. The Morgan fingerprint density at radius 3 is 1.89 bits per heavy atom. The molecule has 2 fully saturated rings. The van der Waals surface area contributed by atoms with Gasteiger partial charge in [-0.25, -0.2) is 0 Å². The van der Waals surface area contributed by atoms with E-state index in [1.807, 2.05) is 0 Å². The summed E-state index contributed by atoms with van der Waals surface area (Å²) in [5, 5.41) is 0. The molecular formula is C16H33N3. The largest absolute Gasteiger partial charge is 0.329 e. The van der Waals surface area contributed by atoms with E-state index >= 15 is 0 Å². The monoisotopic (exact) mass is 267 g/mol. The Balaban J connectivity index is 1.96. The van der Waals surface area contributed by atoms with Crippen LogP contribution >= 0.6 is 0 Å². The third-order valence-electron chi connectivity index (χ3n) is 5.63. The summed E-state index contributed by atoms with van der Waals surface area (Å²) in [6.45, 7) is 15.1. The van der Waals surface area contributed by atoms with Crippen LogP contribution in [0.3, 0.4) is 0 Å². The molecule has 1 saturated carbocycles. The van der Waals surface area contributed by atoms with E-state index in [0.717, 1.165) is 6.54 Å². The molecule has 0 amide bonds. The fourth-order valence-corrected chi connectivity index (χ4v) is 3.75. The summed E-state index contributed by atoms with van der Waals surface area (Å²) in [7, 11) is 0. The first-order valence-electron chi connectivity index (χ1n) is 8.08. The molecule has 0 aromatic heterocycles. The van der Waals surface area contributed by atoms with Crippen molar-refractivity contribution in [3.63, 3.8) is 0 Å². The predicted molar refractivity (Wildman–Crippen MR) is 82.3 cm³/mol. The zero-order valence-corrected chi connectivity index (χ0v) is 13.4. The van der Waals surface area contributed by atoms with Crippen LogP contribution in [0, 0.1) is 5.41 Å². The zero-order chi connectivity index (χ0) is 14.1. The number of rotatable bonds is 3. The Bertz CT molecular complexity index is 280. The van der Waals surface area contributed by atoms with Crippen molar-refractivity contribution >= 4 is 0 Å². The van der Waals surface area contributed by atoms with Crippen molar-refractivity contribution in [2.45, 2.75) is 65.0 Å². The van der Waals surface area contributed by atoms with E-state index < -0.39 is 0 Å². The Morgan fingerprint density at radius 1 is 0.947 bits per heavy atom. The van der Waals surface area contributed by atoms with Crippen LogP contribution in [0.15, 0.2) is 0 Å². The Hall–Kier alpha value is -0.120. The summed E-state index contributed by atoms with van der Waals surface area (Å²) < 4.78 is 0. The average Bonchev–Trinajstić information content (AvgIpc) is 2.40. The maximum Gasteiger partial charge on any atom is 0.0333 e. The van der Waals surface area contributed by atoms with Crippen LogP contribution in [0.2, 0.25) is 0 Å². The predicted octanol–water partition coefficient (Wildman–Crippen LogP) is 2.31. The molecule has 2 N–H and O–H groups in total. The lowest BCUT2D eigenvalue weighted by Crippen LogP contribution is -2.62. The molecule has 0 bridgehead atoms. The van der Waals surface area contributed by atoms with E-state index in [-0.39, 0.29) is 0 Å². The van der Waals surface area contributed by atoms with Gasteiger partial charge in [0.25, 0.3) is 0 Å². The molecule has 0 aromatic carbocycles. The summed E-state index contributed by atoms with van der Waals surface area (Å²) in [5.41, 5.74) is 7.03. The number of hydrogen-bond donors (Lipinski definition) is 1. The van der Waals surface area contributed by atoms with Crippen LogP contribution in [0.5, 0.6) is 0 Å². The Labute approximate surface area is 119 Å². The highest BCUT2D eigenvalue weighted by atomic mass is 15.3. The topological polar surface area (TPSA) is 32.5 Å². The molecule has 112 valence electrons. The molecule has 1 heterocycles. The number of nitrogens with zero attached hydrogens (tertiary/aromatic N) is 2. The van der Waals surface area contributed by atoms with E-state index in [1.54, 1.807) is 0 Å². The first-order chi connectivity index (χ1) is 8.88. The molecule has 1 aliphatic carbocycles. The molecule has 2 rings (SSSR count). The van der Waals surface area contributed by atoms with Gasteiger partial charge >= 0.3 is 0 Å². The molecule has 1 aliphatic heterocycles. The molecule has 0 atom stereocenters. The molecule has 1 saturated heterocycles. The van der Waals surface area contributed by atoms with E-state index in [2.05, 4.69) is 37.5 Å². The number of nitrogens with two attached hydrogens (primary N) is 1. The lowest BCUT2D eigenvalue weighted by Gasteiger charge is -2.52. The fraction of sp³-hybridized carbons (Fsp3) is 1.00. The van der Waals surface area contributed by atoms with Gasteiger partial charge in [-0.1, -0.05) is 13.8 Å². The van der Waals surface area contributed by atoms with E-state index in [1.165, 1.54) is 51.9 Å². The van der Waals surface area contributed by atoms with Crippen LogP contribution < -0.4 is 5.73 Å². The average molecular weight is 267 g/mol. The second-order valence-corrected chi connectivity index (χ2v) is 7.71. The highest BCUT2D eigenvalue weighted by molar-refractivity contribution is 4.99. The summed E-state index contributed by atoms with van der Waals surface area (Å²) in [5.74, 6) is 0. The first kappa shape index (κ1) is 15.3. The summed E-state index contributed by atoms with van der Waals surface area (Å²) in [6, 6.07) is 0.682. The fourth-order valence-electron chi connectivity index (χ4n) is 3.75. The summed E-state index contributed by atoms with van der Waals surface area (Å²) >= 11 is 0. The van der Waals surface area contributed by atoms with Crippen molar-refractivity contribution < 1.29 is 0 Å². The first-order valence-corrected chi connectivity index (χ1v) is 8.08. The highest BCUT2D eigenvalue weighted by Crippen LogP contribution is 2.42. The molecule has 0 aromatic rings. The standard InChI is InChI=1S/C16H33N3/c1-14(2)18-9-11-19(12-10-18)16(13-17)7-5-15(3,4)6-8-16/h14H,5-13,17H2,1-4H3. The summed E-state index contributed by atoms with van der Waals surface area (Å²) in [6.07, 6.45) is 5.24. The zero-order valence-electron chi connectivity index (χ0n) is 13.4. The maximum absolute atomic E-state index is 6.20. The van der Waals surface area contributed by atoms with Crippen LogP contribution in [-0.4, -0.2) is 54.1 Å². The van der Waals surface area contributed by atoms with Crippen LogP contribution in [0.25, 0.3) is 0 Å². The van der Waals surface area contributed by atoms with Gasteiger partial charge in [0.1, 0.15) is 0 Å². The van der Waals surface area contributed by atoms with Crippen LogP contribution in [0.1, 0.15) is 53.4 Å². The quantitative estimate of drug-likeness (QED) is 0.852. The van der Waals surface area contributed by atoms with Crippen molar-refractivity contribution in [3.05, 3.63) is 0 Å². The normalized spacial score (nSPS) is 28.7. The van der Waals surface area contributed by atoms with Gasteiger partial charge in [-0.15, -0.1) is 0 Å². The van der Waals surface area contributed by atoms with Gasteiger partial charge in [-0.2, -0.15) is 0 Å². The second kappa shape index (κ2) is 5.71. The van der Waals surface area contributed by atoms with Gasteiger partial charge in [-0.3, -0.25) is 9.80 Å². The van der Waals surface area contributed by atoms with Gasteiger partial charge < -0.3 is 5.73 Å². The van der Waals surface area contributed by atoms with Crippen molar-refractivity contribution in [2.24, 2.45) is 11.1 Å². The lowest BCUT2D eigenvalue weighted by molar-refractivity contribution is -0.0145. The highest BCUT2D eigenvalue weighted by Gasteiger charge is 2.42. The van der Waals surface area contributed by atoms with Gasteiger partial charge in [0.05, 0.1) is 0 Å². The third kappa shape index (κ3) is 3.32. The number of hydrogen-bond acceptors (Lipinski definition) is 3. The molecule has 19 heavy (non-hydrogen) atoms. The SMILES string of the molecule is CC(C)N1CCN(C2(CN)CCC(C)(C)CC2)CC1. The molecule has 2 aliphatic rings. The molecule has 0 spiro atoms. The molecule has 3 heteroatoms. The Morgan fingerprint density at radius 2 is 1.47 bits per heavy atom. The maximum atomic E-state index is 6.20. The van der Waals surface area contributed by atoms with Crippen molar-refractivity contribution in [1.82, 2.24) is 9.80 Å². The van der Waals surface area contributed by atoms with Crippen molar-refractivity contribution in [1.29, 1.82) is 0 Å². The number of piperazine rings is 1. The minimum absolute atomic E-state index is 0.304. The smallest absolute Gasteiger partial charge is 0.0333 e. The molecule has 0 unspecified atom stereocenters. The summed E-state index contributed by atoms with van der Waals surface area (Å²) in [4.78, 5) is 5.30. The van der Waals surface area contributed by atoms with Crippen LogP contribution in [-0.2, 0) is 0 Å². The van der Waals surface area contributed by atoms with Gasteiger partial charge in [0.2, 0.25) is 0 Å². The van der Waals surface area contributed by atoms with Gasteiger partial charge in [-0.05, 0) is 44.9 Å². The molecular weight excluding hydrogens is 234 g/mol. The van der Waals surface area contributed by atoms with Gasteiger partial charge in [0.15, 0.2) is 0 Å². The van der Waals surface area contributed by atoms with E-state index in [4.69, 9.17) is 5.73 Å². The van der Waals surface area contributed by atoms with E-state index in [0.29, 0.717) is 17.0 Å². The van der Waals surface area contributed by atoms with Crippen LogP contribution in [0.4, 0.5) is 0 Å². The third-order valence-corrected chi connectivity index (χ3v) is 5.63. The minimum Gasteiger partial charge on any atom is -0.329 e. The molecule has 0 radical (unpaired) electrons. The lowest BCUT2D eigenvalue weighted by atomic mass is 9.68. The van der Waals surface area contributed by atoms with Crippen molar-refractivity contribution in [2.75, 3.05) is 32.7 Å². The minimum atomic E-state index is 0.304. The van der Waals surface area contributed by atoms with Crippen molar-refractivity contribution in [3.8, 4) is 0 Å².